The Morgan fingerprint density at radius 2 is 2.28 bits per heavy atom. The summed E-state index contributed by atoms with van der Waals surface area (Å²) in [6.07, 6.45) is 3.61. The lowest BCUT2D eigenvalue weighted by atomic mass is 10.2. The van der Waals surface area contributed by atoms with Crippen LogP contribution in [0.5, 0.6) is 0 Å². The van der Waals surface area contributed by atoms with Crippen molar-refractivity contribution in [1.29, 1.82) is 0 Å². The SMILES string of the molecule is Cc1ccsc1CCNc1cnc(C(=O)O)cn1. The maximum Gasteiger partial charge on any atom is 0.356 e. The van der Waals surface area contributed by atoms with E-state index in [0.717, 1.165) is 13.0 Å². The van der Waals surface area contributed by atoms with Crippen LogP contribution in [0.2, 0.25) is 0 Å². The van der Waals surface area contributed by atoms with Crippen LogP contribution in [0.15, 0.2) is 23.8 Å². The van der Waals surface area contributed by atoms with Gasteiger partial charge in [-0.05, 0) is 30.4 Å². The highest BCUT2D eigenvalue weighted by molar-refractivity contribution is 7.10. The van der Waals surface area contributed by atoms with Gasteiger partial charge in [-0.25, -0.2) is 14.8 Å². The number of hydrogen-bond acceptors (Lipinski definition) is 5. The predicted molar refractivity (Wildman–Crippen MR) is 70.2 cm³/mol. The highest BCUT2D eigenvalue weighted by Gasteiger charge is 2.04. The first-order valence-electron chi connectivity index (χ1n) is 5.49. The van der Waals surface area contributed by atoms with E-state index in [4.69, 9.17) is 5.11 Å². The molecule has 0 radical (unpaired) electrons. The zero-order valence-electron chi connectivity index (χ0n) is 9.88. The highest BCUT2D eigenvalue weighted by Crippen LogP contribution is 2.16. The van der Waals surface area contributed by atoms with E-state index in [2.05, 4.69) is 33.7 Å². The van der Waals surface area contributed by atoms with Gasteiger partial charge in [0.05, 0.1) is 12.4 Å². The molecule has 0 aliphatic rings. The Hall–Kier alpha value is -1.95. The van der Waals surface area contributed by atoms with E-state index in [1.165, 1.54) is 22.8 Å². The molecule has 2 heterocycles. The number of carboxylic acid groups (broad SMARTS) is 1. The molecule has 0 unspecified atom stereocenters. The van der Waals surface area contributed by atoms with Crippen molar-refractivity contribution in [3.05, 3.63) is 40.0 Å². The average molecular weight is 263 g/mol. The van der Waals surface area contributed by atoms with Crippen molar-refractivity contribution in [2.75, 3.05) is 11.9 Å². The molecule has 0 saturated heterocycles. The number of anilines is 1. The number of thiophene rings is 1. The van der Waals surface area contributed by atoms with Gasteiger partial charge in [0.2, 0.25) is 0 Å². The standard InChI is InChI=1S/C12H13N3O2S/c1-8-3-5-18-10(8)2-4-13-11-7-14-9(6-15-11)12(16)17/h3,5-7H,2,4H2,1H3,(H,13,15)(H,16,17). The van der Waals surface area contributed by atoms with Gasteiger partial charge < -0.3 is 10.4 Å². The molecule has 0 bridgehead atoms. The molecule has 2 rings (SSSR count). The number of aromatic nitrogens is 2. The fourth-order valence-electron chi connectivity index (χ4n) is 1.49. The predicted octanol–water partition coefficient (Wildman–Crippen LogP) is 2.20. The molecule has 94 valence electrons. The van der Waals surface area contributed by atoms with Crippen LogP contribution in [0.25, 0.3) is 0 Å². The summed E-state index contributed by atoms with van der Waals surface area (Å²) in [5.74, 6) is -0.475. The Morgan fingerprint density at radius 3 is 2.83 bits per heavy atom. The summed E-state index contributed by atoms with van der Waals surface area (Å²) < 4.78 is 0. The molecule has 0 spiro atoms. The van der Waals surface area contributed by atoms with E-state index in [-0.39, 0.29) is 5.69 Å². The number of hydrogen-bond donors (Lipinski definition) is 2. The highest BCUT2D eigenvalue weighted by atomic mass is 32.1. The van der Waals surface area contributed by atoms with Crippen LogP contribution >= 0.6 is 11.3 Å². The molecule has 0 aliphatic heterocycles. The van der Waals surface area contributed by atoms with Crippen LogP contribution < -0.4 is 5.32 Å². The van der Waals surface area contributed by atoms with Crippen LogP contribution in [0.3, 0.4) is 0 Å². The zero-order valence-corrected chi connectivity index (χ0v) is 10.7. The number of nitrogens with zero attached hydrogens (tertiary/aromatic N) is 2. The second-order valence-electron chi connectivity index (χ2n) is 3.80. The third-order valence-electron chi connectivity index (χ3n) is 2.50. The average Bonchev–Trinajstić information content (AvgIpc) is 2.76. The molecule has 0 saturated carbocycles. The Labute approximate surface area is 109 Å². The normalized spacial score (nSPS) is 10.3. The molecule has 2 aromatic heterocycles. The van der Waals surface area contributed by atoms with Gasteiger partial charge in [0.25, 0.3) is 0 Å². The van der Waals surface area contributed by atoms with Crippen molar-refractivity contribution in [3.8, 4) is 0 Å². The lowest BCUT2D eigenvalue weighted by Gasteiger charge is -2.04. The van der Waals surface area contributed by atoms with Gasteiger partial charge in [-0.1, -0.05) is 0 Å². The van der Waals surface area contributed by atoms with Crippen molar-refractivity contribution in [1.82, 2.24) is 9.97 Å². The summed E-state index contributed by atoms with van der Waals surface area (Å²) in [5, 5.41) is 13.9. The Balaban J connectivity index is 1.87. The van der Waals surface area contributed by atoms with E-state index >= 15 is 0 Å². The van der Waals surface area contributed by atoms with Crippen molar-refractivity contribution in [3.63, 3.8) is 0 Å². The summed E-state index contributed by atoms with van der Waals surface area (Å²) in [7, 11) is 0. The first kappa shape index (κ1) is 12.5. The number of carboxylic acids is 1. The van der Waals surface area contributed by atoms with Gasteiger partial charge >= 0.3 is 5.97 Å². The molecular formula is C12H13N3O2S. The van der Waals surface area contributed by atoms with Crippen molar-refractivity contribution >= 4 is 23.1 Å². The minimum atomic E-state index is -1.07. The van der Waals surface area contributed by atoms with Gasteiger partial charge in [0.1, 0.15) is 5.82 Å². The molecule has 18 heavy (non-hydrogen) atoms. The summed E-state index contributed by atoms with van der Waals surface area (Å²) in [4.78, 5) is 19.7. The molecular weight excluding hydrogens is 250 g/mol. The number of aromatic carboxylic acids is 1. The van der Waals surface area contributed by atoms with E-state index in [9.17, 15) is 4.79 Å². The Bertz CT molecular complexity index is 537. The maximum absolute atomic E-state index is 10.6. The van der Waals surface area contributed by atoms with Gasteiger partial charge in [-0.2, -0.15) is 0 Å². The van der Waals surface area contributed by atoms with Crippen LogP contribution in [0, 0.1) is 6.92 Å². The second kappa shape index (κ2) is 5.59. The first-order valence-corrected chi connectivity index (χ1v) is 6.37. The Kier molecular flexibility index (Phi) is 3.88. The summed E-state index contributed by atoms with van der Waals surface area (Å²) in [6.45, 7) is 2.84. The molecule has 5 nitrogen and oxygen atoms in total. The minimum absolute atomic E-state index is 0.0466. The summed E-state index contributed by atoms with van der Waals surface area (Å²) in [5.41, 5.74) is 1.25. The molecule has 0 fully saturated rings. The lowest BCUT2D eigenvalue weighted by Crippen LogP contribution is -2.08. The number of nitrogens with one attached hydrogen (secondary N) is 1. The fraction of sp³-hybridized carbons (Fsp3) is 0.250. The van der Waals surface area contributed by atoms with E-state index in [1.54, 1.807) is 11.3 Å². The third kappa shape index (κ3) is 3.04. The van der Waals surface area contributed by atoms with Crippen molar-refractivity contribution < 1.29 is 9.90 Å². The number of carbonyl (C=O) groups is 1. The molecule has 0 atom stereocenters. The van der Waals surface area contributed by atoms with Gasteiger partial charge in [-0.15, -0.1) is 11.3 Å². The van der Waals surface area contributed by atoms with Gasteiger partial charge in [0.15, 0.2) is 5.69 Å². The van der Waals surface area contributed by atoms with Crippen LogP contribution in [0.1, 0.15) is 20.9 Å². The molecule has 2 aromatic rings. The molecule has 0 aromatic carbocycles. The number of aryl methyl sites for hydroxylation is 1. The van der Waals surface area contributed by atoms with E-state index < -0.39 is 5.97 Å². The van der Waals surface area contributed by atoms with Crippen molar-refractivity contribution in [2.45, 2.75) is 13.3 Å². The van der Waals surface area contributed by atoms with Crippen LogP contribution in [-0.4, -0.2) is 27.6 Å². The maximum atomic E-state index is 10.6. The molecule has 2 N–H and O–H groups in total. The molecule has 6 heteroatoms. The summed E-state index contributed by atoms with van der Waals surface area (Å²) >= 11 is 1.74. The Morgan fingerprint density at radius 1 is 1.44 bits per heavy atom. The molecule has 0 amide bonds. The number of rotatable bonds is 5. The minimum Gasteiger partial charge on any atom is -0.476 e. The fourth-order valence-corrected chi connectivity index (χ4v) is 2.40. The zero-order chi connectivity index (χ0) is 13.0. The summed E-state index contributed by atoms with van der Waals surface area (Å²) in [6, 6.07) is 2.10. The smallest absolute Gasteiger partial charge is 0.356 e. The lowest BCUT2D eigenvalue weighted by molar-refractivity contribution is 0.0690. The quantitative estimate of drug-likeness (QED) is 0.865. The molecule has 0 aliphatic carbocycles. The topological polar surface area (TPSA) is 75.1 Å². The second-order valence-corrected chi connectivity index (χ2v) is 4.80. The van der Waals surface area contributed by atoms with Crippen molar-refractivity contribution in [2.24, 2.45) is 0 Å². The largest absolute Gasteiger partial charge is 0.476 e. The third-order valence-corrected chi connectivity index (χ3v) is 3.58. The van der Waals surface area contributed by atoms with Crippen LogP contribution in [-0.2, 0) is 6.42 Å². The van der Waals surface area contributed by atoms with E-state index in [1.807, 2.05) is 0 Å². The van der Waals surface area contributed by atoms with Gasteiger partial charge in [-0.3, -0.25) is 0 Å². The first-order chi connectivity index (χ1) is 8.66. The monoisotopic (exact) mass is 263 g/mol. The van der Waals surface area contributed by atoms with E-state index in [0.29, 0.717) is 5.82 Å². The van der Waals surface area contributed by atoms with Gasteiger partial charge in [0, 0.05) is 11.4 Å². The van der Waals surface area contributed by atoms with Crippen LogP contribution in [0.4, 0.5) is 5.82 Å².